The molecule has 0 radical (unpaired) electrons. The lowest BCUT2D eigenvalue weighted by molar-refractivity contribution is -0.130. The number of carbonyl (C=O) groups excluding carboxylic acids is 1. The van der Waals surface area contributed by atoms with Crippen LogP contribution >= 0.6 is 0 Å². The summed E-state index contributed by atoms with van der Waals surface area (Å²) in [6.07, 6.45) is 6.57. The van der Waals surface area contributed by atoms with Gasteiger partial charge in [-0.05, 0) is 62.1 Å². The van der Waals surface area contributed by atoms with Crippen LogP contribution in [0.3, 0.4) is 0 Å². The van der Waals surface area contributed by atoms with Gasteiger partial charge in [0.15, 0.2) is 0 Å². The van der Waals surface area contributed by atoms with E-state index in [0.29, 0.717) is 6.61 Å². The first kappa shape index (κ1) is 13.6. The molecule has 0 aromatic heterocycles. The van der Waals surface area contributed by atoms with Crippen LogP contribution in [-0.2, 0) is 22.4 Å². The van der Waals surface area contributed by atoms with Gasteiger partial charge in [0.05, 0.1) is 6.04 Å². The molecule has 1 heterocycles. The highest BCUT2D eigenvalue weighted by Crippen LogP contribution is 2.25. The largest absolute Gasteiger partial charge is 0.368 e. The monoisotopic (exact) mass is 273 g/mol. The Morgan fingerprint density at radius 3 is 2.80 bits per heavy atom. The Hall–Kier alpha value is -1.35. The van der Waals surface area contributed by atoms with Crippen molar-refractivity contribution >= 4 is 5.91 Å². The summed E-state index contributed by atoms with van der Waals surface area (Å²) < 4.78 is 5.43. The molecule has 0 saturated carbocycles. The van der Waals surface area contributed by atoms with Gasteiger partial charge in [0.25, 0.3) is 0 Å². The molecular weight excluding hydrogens is 250 g/mol. The van der Waals surface area contributed by atoms with Crippen LogP contribution in [0.1, 0.15) is 55.3 Å². The summed E-state index contributed by atoms with van der Waals surface area (Å²) in [6, 6.07) is 6.72. The third kappa shape index (κ3) is 2.88. The minimum atomic E-state index is -0.241. The fraction of sp³-hybridized carbons (Fsp3) is 0.588. The molecule has 1 fully saturated rings. The minimum absolute atomic E-state index is 0.0349. The second kappa shape index (κ2) is 5.96. The molecule has 3 heteroatoms. The van der Waals surface area contributed by atoms with Crippen molar-refractivity contribution in [1.82, 2.24) is 5.32 Å². The smallest absolute Gasteiger partial charge is 0.249 e. The van der Waals surface area contributed by atoms with E-state index in [2.05, 4.69) is 30.4 Å². The van der Waals surface area contributed by atoms with Gasteiger partial charge in [-0.15, -0.1) is 0 Å². The van der Waals surface area contributed by atoms with Gasteiger partial charge in [0.2, 0.25) is 5.91 Å². The quantitative estimate of drug-likeness (QED) is 0.919. The molecule has 0 bridgehead atoms. The van der Waals surface area contributed by atoms with Crippen LogP contribution in [0.15, 0.2) is 18.2 Å². The Kier molecular flexibility index (Phi) is 4.06. The van der Waals surface area contributed by atoms with Crippen molar-refractivity contribution in [2.24, 2.45) is 0 Å². The normalized spacial score (nSPS) is 23.1. The topological polar surface area (TPSA) is 38.3 Å². The highest BCUT2D eigenvalue weighted by molar-refractivity contribution is 5.81. The average molecular weight is 273 g/mol. The van der Waals surface area contributed by atoms with E-state index in [4.69, 9.17) is 4.74 Å². The van der Waals surface area contributed by atoms with Gasteiger partial charge in [0.1, 0.15) is 6.10 Å². The molecule has 1 saturated heterocycles. The van der Waals surface area contributed by atoms with E-state index in [1.807, 2.05) is 0 Å². The van der Waals surface area contributed by atoms with Crippen LogP contribution in [0.5, 0.6) is 0 Å². The lowest BCUT2D eigenvalue weighted by Gasteiger charge is -2.21. The Morgan fingerprint density at radius 2 is 2.05 bits per heavy atom. The molecule has 108 valence electrons. The van der Waals surface area contributed by atoms with Gasteiger partial charge in [0, 0.05) is 6.61 Å². The van der Waals surface area contributed by atoms with Crippen molar-refractivity contribution in [2.45, 2.75) is 57.6 Å². The third-order valence-corrected chi connectivity index (χ3v) is 4.45. The Balaban J connectivity index is 1.67. The fourth-order valence-electron chi connectivity index (χ4n) is 3.20. The number of hydrogen-bond acceptors (Lipinski definition) is 2. The van der Waals surface area contributed by atoms with Gasteiger partial charge < -0.3 is 10.1 Å². The van der Waals surface area contributed by atoms with E-state index < -0.39 is 0 Å². The number of aryl methyl sites for hydroxylation is 2. The van der Waals surface area contributed by atoms with Crippen molar-refractivity contribution in [1.29, 1.82) is 0 Å². The van der Waals surface area contributed by atoms with Crippen LogP contribution in [0.25, 0.3) is 0 Å². The molecule has 1 aliphatic carbocycles. The maximum atomic E-state index is 12.1. The summed E-state index contributed by atoms with van der Waals surface area (Å²) in [5.41, 5.74) is 4.15. The molecule has 2 atom stereocenters. The Labute approximate surface area is 120 Å². The summed E-state index contributed by atoms with van der Waals surface area (Å²) in [6.45, 7) is 2.77. The molecule has 1 amide bonds. The highest BCUT2D eigenvalue weighted by atomic mass is 16.5. The van der Waals surface area contributed by atoms with Crippen LogP contribution in [0.2, 0.25) is 0 Å². The lowest BCUT2D eigenvalue weighted by Crippen LogP contribution is -2.35. The zero-order valence-corrected chi connectivity index (χ0v) is 12.2. The van der Waals surface area contributed by atoms with Gasteiger partial charge in [-0.1, -0.05) is 18.2 Å². The Bertz CT molecular complexity index is 492. The molecule has 1 aromatic rings. The number of hydrogen-bond donors (Lipinski definition) is 1. The number of fused-ring (bicyclic) bond motifs is 1. The Morgan fingerprint density at radius 1 is 1.25 bits per heavy atom. The van der Waals surface area contributed by atoms with Crippen molar-refractivity contribution in [3.05, 3.63) is 34.9 Å². The first-order valence-corrected chi connectivity index (χ1v) is 7.78. The zero-order chi connectivity index (χ0) is 13.9. The van der Waals surface area contributed by atoms with Crippen molar-refractivity contribution in [3.8, 4) is 0 Å². The maximum Gasteiger partial charge on any atom is 0.249 e. The second-order valence-electron chi connectivity index (χ2n) is 5.97. The van der Waals surface area contributed by atoms with Crippen LogP contribution in [0, 0.1) is 0 Å². The molecule has 1 aliphatic heterocycles. The van der Waals surface area contributed by atoms with E-state index in [9.17, 15) is 4.79 Å². The lowest BCUT2D eigenvalue weighted by atomic mass is 9.89. The summed E-state index contributed by atoms with van der Waals surface area (Å²) in [7, 11) is 0. The first-order chi connectivity index (χ1) is 9.74. The number of amides is 1. The molecule has 3 nitrogen and oxygen atoms in total. The number of nitrogens with one attached hydrogen (secondary N) is 1. The maximum absolute atomic E-state index is 12.1. The van der Waals surface area contributed by atoms with Crippen molar-refractivity contribution < 1.29 is 9.53 Å². The minimum Gasteiger partial charge on any atom is -0.368 e. The second-order valence-corrected chi connectivity index (χ2v) is 5.97. The molecular formula is C17H23NO2. The summed E-state index contributed by atoms with van der Waals surface area (Å²) >= 11 is 0. The summed E-state index contributed by atoms with van der Waals surface area (Å²) in [4.78, 5) is 12.1. The fourth-order valence-corrected chi connectivity index (χ4v) is 3.20. The van der Waals surface area contributed by atoms with E-state index in [-0.39, 0.29) is 18.1 Å². The van der Waals surface area contributed by atoms with E-state index >= 15 is 0 Å². The molecule has 0 unspecified atom stereocenters. The number of ether oxygens (including phenoxy) is 1. The average Bonchev–Trinajstić information content (AvgIpc) is 3.01. The molecule has 0 spiro atoms. The predicted octanol–water partition coefficient (Wildman–Crippen LogP) is 2.92. The zero-order valence-electron chi connectivity index (χ0n) is 12.2. The van der Waals surface area contributed by atoms with Gasteiger partial charge in [-0.3, -0.25) is 4.79 Å². The van der Waals surface area contributed by atoms with Crippen LogP contribution in [-0.4, -0.2) is 18.6 Å². The number of benzene rings is 1. The predicted molar refractivity (Wildman–Crippen MR) is 78.6 cm³/mol. The number of carbonyl (C=O) groups is 1. The molecule has 20 heavy (non-hydrogen) atoms. The van der Waals surface area contributed by atoms with E-state index in [1.54, 1.807) is 0 Å². The van der Waals surface area contributed by atoms with Crippen LogP contribution in [0.4, 0.5) is 0 Å². The first-order valence-electron chi connectivity index (χ1n) is 7.78. The highest BCUT2D eigenvalue weighted by Gasteiger charge is 2.25. The third-order valence-electron chi connectivity index (χ3n) is 4.45. The molecule has 3 rings (SSSR count). The molecule has 2 aliphatic rings. The summed E-state index contributed by atoms with van der Waals surface area (Å²) in [5.74, 6) is 0.0349. The molecule has 1 N–H and O–H groups in total. The van der Waals surface area contributed by atoms with E-state index in [0.717, 1.165) is 12.8 Å². The summed E-state index contributed by atoms with van der Waals surface area (Å²) in [5, 5.41) is 3.08. The van der Waals surface area contributed by atoms with Crippen molar-refractivity contribution in [2.75, 3.05) is 6.61 Å². The number of rotatable bonds is 3. The van der Waals surface area contributed by atoms with Crippen molar-refractivity contribution in [3.63, 3.8) is 0 Å². The van der Waals surface area contributed by atoms with Gasteiger partial charge in [-0.25, -0.2) is 0 Å². The van der Waals surface area contributed by atoms with E-state index in [1.165, 1.54) is 42.4 Å². The van der Waals surface area contributed by atoms with Gasteiger partial charge >= 0.3 is 0 Å². The van der Waals surface area contributed by atoms with Gasteiger partial charge in [-0.2, -0.15) is 0 Å². The van der Waals surface area contributed by atoms with Crippen LogP contribution < -0.4 is 5.32 Å². The standard InChI is InChI=1S/C17H23NO2/c1-12(18-17(19)16-7-4-10-20-16)14-9-8-13-5-2-3-6-15(13)11-14/h8-9,11-12,16H,2-7,10H2,1H3,(H,18,19)/t12-,16-/m1/s1. The SMILES string of the molecule is C[C@@H](NC(=O)[C@H]1CCCO1)c1ccc2c(c1)CCCC2. The molecule has 1 aromatic carbocycles.